The molecule has 1 rings (SSSR count). The Morgan fingerprint density at radius 3 is 2.38 bits per heavy atom. The SMILES string of the molecule is CCCCCC(=O)/C=C/c1ccccc1/C=C\CCCC(=O)OC. The molecule has 0 saturated carbocycles. The van der Waals surface area contributed by atoms with Crippen LogP contribution in [0, 0.1) is 0 Å². The quantitative estimate of drug-likeness (QED) is 0.318. The zero-order valence-electron chi connectivity index (χ0n) is 14.8. The first kappa shape index (κ1) is 19.9. The maximum Gasteiger partial charge on any atom is 0.305 e. The second kappa shape index (κ2) is 12.3. The Balaban J connectivity index is 2.54. The number of hydrogen-bond acceptors (Lipinski definition) is 3. The minimum Gasteiger partial charge on any atom is -0.469 e. The Kier molecular flexibility index (Phi) is 10.2. The zero-order chi connectivity index (χ0) is 17.6. The molecule has 0 N–H and O–H groups in total. The van der Waals surface area contributed by atoms with E-state index in [2.05, 4.69) is 17.7 Å². The average Bonchev–Trinajstić information content (AvgIpc) is 2.60. The Morgan fingerprint density at radius 1 is 1.00 bits per heavy atom. The van der Waals surface area contributed by atoms with Gasteiger partial charge in [-0.3, -0.25) is 9.59 Å². The molecule has 3 heteroatoms. The Bertz CT molecular complexity index is 570. The maximum absolute atomic E-state index is 11.8. The molecule has 0 amide bonds. The number of esters is 1. The van der Waals surface area contributed by atoms with Crippen molar-refractivity contribution in [3.8, 4) is 0 Å². The highest BCUT2D eigenvalue weighted by atomic mass is 16.5. The fraction of sp³-hybridized carbons (Fsp3) is 0.429. The topological polar surface area (TPSA) is 43.4 Å². The smallest absolute Gasteiger partial charge is 0.305 e. The number of ether oxygens (including phenoxy) is 1. The van der Waals surface area contributed by atoms with Crippen LogP contribution < -0.4 is 0 Å². The van der Waals surface area contributed by atoms with Crippen molar-refractivity contribution in [3.05, 3.63) is 47.5 Å². The van der Waals surface area contributed by atoms with Crippen molar-refractivity contribution in [1.29, 1.82) is 0 Å². The molecule has 1 aromatic carbocycles. The summed E-state index contributed by atoms with van der Waals surface area (Å²) in [5.74, 6) is 0.00799. The lowest BCUT2D eigenvalue weighted by Gasteiger charge is -2.01. The van der Waals surface area contributed by atoms with Gasteiger partial charge < -0.3 is 4.74 Å². The zero-order valence-corrected chi connectivity index (χ0v) is 14.8. The second-order valence-corrected chi connectivity index (χ2v) is 5.76. The van der Waals surface area contributed by atoms with Crippen LogP contribution in [0.3, 0.4) is 0 Å². The molecule has 24 heavy (non-hydrogen) atoms. The van der Waals surface area contributed by atoms with Crippen LogP contribution in [-0.4, -0.2) is 18.9 Å². The van der Waals surface area contributed by atoms with Crippen LogP contribution in [0.15, 0.2) is 36.4 Å². The van der Waals surface area contributed by atoms with Gasteiger partial charge in [0, 0.05) is 12.8 Å². The van der Waals surface area contributed by atoms with E-state index in [1.165, 1.54) is 7.11 Å². The van der Waals surface area contributed by atoms with Crippen molar-refractivity contribution in [2.75, 3.05) is 7.11 Å². The largest absolute Gasteiger partial charge is 0.469 e. The highest BCUT2D eigenvalue weighted by molar-refractivity contribution is 5.94. The Labute approximate surface area is 145 Å². The molecule has 0 aromatic heterocycles. The third-order valence-electron chi connectivity index (χ3n) is 3.75. The number of carbonyl (C=O) groups excluding carboxylic acids is 2. The van der Waals surface area contributed by atoms with Crippen LogP contribution in [0.5, 0.6) is 0 Å². The average molecular weight is 328 g/mol. The van der Waals surface area contributed by atoms with Gasteiger partial charge in [0.25, 0.3) is 0 Å². The van der Waals surface area contributed by atoms with Gasteiger partial charge in [0.15, 0.2) is 5.78 Å². The molecule has 0 bridgehead atoms. The lowest BCUT2D eigenvalue weighted by atomic mass is 10.0. The number of methoxy groups -OCH3 is 1. The first-order valence-electron chi connectivity index (χ1n) is 8.70. The summed E-state index contributed by atoms with van der Waals surface area (Å²) in [7, 11) is 1.41. The van der Waals surface area contributed by atoms with Gasteiger partial charge in [-0.05, 0) is 36.5 Å². The second-order valence-electron chi connectivity index (χ2n) is 5.76. The third kappa shape index (κ3) is 8.47. The molecule has 0 unspecified atom stereocenters. The number of ketones is 1. The summed E-state index contributed by atoms with van der Waals surface area (Å²) in [6, 6.07) is 7.98. The van der Waals surface area contributed by atoms with Gasteiger partial charge in [0.05, 0.1) is 7.11 Å². The van der Waals surface area contributed by atoms with E-state index in [1.807, 2.05) is 36.4 Å². The molecule has 0 atom stereocenters. The normalized spacial score (nSPS) is 11.2. The van der Waals surface area contributed by atoms with E-state index in [9.17, 15) is 9.59 Å². The van der Waals surface area contributed by atoms with Crippen molar-refractivity contribution in [2.24, 2.45) is 0 Å². The minimum atomic E-state index is -0.173. The van der Waals surface area contributed by atoms with Crippen molar-refractivity contribution < 1.29 is 14.3 Å². The van der Waals surface area contributed by atoms with Gasteiger partial charge in [-0.2, -0.15) is 0 Å². The summed E-state index contributed by atoms with van der Waals surface area (Å²) in [4.78, 5) is 22.9. The third-order valence-corrected chi connectivity index (χ3v) is 3.75. The lowest BCUT2D eigenvalue weighted by molar-refractivity contribution is -0.140. The monoisotopic (exact) mass is 328 g/mol. The molecule has 0 aliphatic rings. The van der Waals surface area contributed by atoms with E-state index in [4.69, 9.17) is 0 Å². The van der Waals surface area contributed by atoms with E-state index in [0.29, 0.717) is 12.8 Å². The predicted octanol–water partition coefficient (Wildman–Crippen LogP) is 5.21. The van der Waals surface area contributed by atoms with E-state index in [0.717, 1.165) is 43.2 Å². The van der Waals surface area contributed by atoms with Crippen LogP contribution in [-0.2, 0) is 14.3 Å². The molecular formula is C21H28O3. The molecular weight excluding hydrogens is 300 g/mol. The summed E-state index contributed by atoms with van der Waals surface area (Å²) in [5.41, 5.74) is 2.11. The van der Waals surface area contributed by atoms with Gasteiger partial charge in [0.1, 0.15) is 0 Å². The van der Waals surface area contributed by atoms with E-state index in [1.54, 1.807) is 6.08 Å². The minimum absolute atomic E-state index is 0.173. The molecule has 0 spiro atoms. The van der Waals surface area contributed by atoms with Gasteiger partial charge >= 0.3 is 5.97 Å². The first-order chi connectivity index (χ1) is 11.7. The van der Waals surface area contributed by atoms with Gasteiger partial charge in [0.2, 0.25) is 0 Å². The molecule has 3 nitrogen and oxygen atoms in total. The number of benzene rings is 1. The molecule has 1 aromatic rings. The number of rotatable bonds is 11. The van der Waals surface area contributed by atoms with Gasteiger partial charge in [-0.25, -0.2) is 0 Å². The van der Waals surface area contributed by atoms with Crippen LogP contribution in [0.2, 0.25) is 0 Å². The van der Waals surface area contributed by atoms with Crippen LogP contribution in [0.4, 0.5) is 0 Å². The molecule has 0 aliphatic heterocycles. The van der Waals surface area contributed by atoms with Crippen molar-refractivity contribution >= 4 is 23.9 Å². The lowest BCUT2D eigenvalue weighted by Crippen LogP contribution is -1.98. The Hall–Kier alpha value is -2.16. The van der Waals surface area contributed by atoms with Gasteiger partial charge in [-0.1, -0.05) is 62.3 Å². The van der Waals surface area contributed by atoms with E-state index >= 15 is 0 Å². The van der Waals surface area contributed by atoms with Crippen molar-refractivity contribution in [1.82, 2.24) is 0 Å². The highest BCUT2D eigenvalue weighted by Crippen LogP contribution is 2.14. The number of allylic oxidation sites excluding steroid dienone is 2. The van der Waals surface area contributed by atoms with E-state index < -0.39 is 0 Å². The molecule has 0 heterocycles. The molecule has 0 aliphatic carbocycles. The number of hydrogen-bond donors (Lipinski definition) is 0. The Morgan fingerprint density at radius 2 is 1.71 bits per heavy atom. The summed E-state index contributed by atoms with van der Waals surface area (Å²) in [5, 5.41) is 0. The summed E-state index contributed by atoms with van der Waals surface area (Å²) in [6.07, 6.45) is 13.5. The first-order valence-corrected chi connectivity index (χ1v) is 8.70. The van der Waals surface area contributed by atoms with Crippen molar-refractivity contribution in [2.45, 2.75) is 51.9 Å². The summed E-state index contributed by atoms with van der Waals surface area (Å²) < 4.78 is 4.62. The van der Waals surface area contributed by atoms with Crippen molar-refractivity contribution in [3.63, 3.8) is 0 Å². The molecule has 130 valence electrons. The van der Waals surface area contributed by atoms with Crippen LogP contribution in [0.1, 0.15) is 63.0 Å². The highest BCUT2D eigenvalue weighted by Gasteiger charge is 1.99. The molecule has 0 fully saturated rings. The fourth-order valence-electron chi connectivity index (χ4n) is 2.31. The predicted molar refractivity (Wildman–Crippen MR) is 99.5 cm³/mol. The molecule has 0 saturated heterocycles. The van der Waals surface area contributed by atoms with E-state index in [-0.39, 0.29) is 11.8 Å². The molecule has 0 radical (unpaired) electrons. The van der Waals surface area contributed by atoms with Crippen LogP contribution in [0.25, 0.3) is 12.2 Å². The fourth-order valence-corrected chi connectivity index (χ4v) is 2.31. The van der Waals surface area contributed by atoms with Gasteiger partial charge in [-0.15, -0.1) is 0 Å². The summed E-state index contributed by atoms with van der Waals surface area (Å²) in [6.45, 7) is 2.13. The number of carbonyl (C=O) groups is 2. The summed E-state index contributed by atoms with van der Waals surface area (Å²) >= 11 is 0. The maximum atomic E-state index is 11.8. The standard InChI is InChI=1S/C21H28O3/c1-3-4-6-14-20(22)17-16-19-13-10-9-12-18(19)11-7-5-8-15-21(23)24-2/h7,9-13,16-17H,3-6,8,14-15H2,1-2H3/b11-7-,17-16+. The number of unbranched alkanes of at least 4 members (excludes halogenated alkanes) is 3. The van der Waals surface area contributed by atoms with Crippen LogP contribution >= 0.6 is 0 Å².